The molecule has 2 aromatic rings. The van der Waals surface area contributed by atoms with E-state index in [1.165, 1.54) is 11.8 Å². The number of hydrogen-bond donors (Lipinski definition) is 1. The standard InChI is InChI=1S/C19H23N3O4/c1-12-16(18(24)21-14(3)20-12)10-11-17(23)26-13(2)19(25)22(4)15-8-6-5-7-9-15/h5-9,13H,10-11H2,1-4H3,(H,20,21,24)/t13-/m1/s1. The van der Waals surface area contributed by atoms with Gasteiger partial charge in [-0.2, -0.15) is 0 Å². The van der Waals surface area contributed by atoms with Crippen LogP contribution in [0.5, 0.6) is 0 Å². The van der Waals surface area contributed by atoms with E-state index in [0.29, 0.717) is 22.8 Å². The first-order chi connectivity index (χ1) is 12.3. The number of hydrogen-bond acceptors (Lipinski definition) is 5. The Balaban J connectivity index is 1.93. The van der Waals surface area contributed by atoms with Crippen LogP contribution in [0.3, 0.4) is 0 Å². The number of H-pyrrole nitrogens is 1. The molecule has 0 saturated heterocycles. The topological polar surface area (TPSA) is 92.4 Å². The molecule has 0 unspecified atom stereocenters. The number of rotatable bonds is 6. The largest absolute Gasteiger partial charge is 0.453 e. The molecule has 0 saturated carbocycles. The van der Waals surface area contributed by atoms with Crippen molar-refractivity contribution in [2.45, 2.75) is 39.7 Å². The number of benzene rings is 1. The number of carbonyl (C=O) groups excluding carboxylic acids is 2. The number of carbonyl (C=O) groups is 2. The molecule has 7 nitrogen and oxygen atoms in total. The van der Waals surface area contributed by atoms with Crippen LogP contribution < -0.4 is 10.5 Å². The van der Waals surface area contributed by atoms with Crippen LogP contribution in [0, 0.1) is 13.8 Å². The van der Waals surface area contributed by atoms with Crippen molar-refractivity contribution in [1.82, 2.24) is 9.97 Å². The van der Waals surface area contributed by atoms with Gasteiger partial charge in [-0.25, -0.2) is 4.98 Å². The van der Waals surface area contributed by atoms with Crippen molar-refractivity contribution in [2.24, 2.45) is 0 Å². The van der Waals surface area contributed by atoms with Crippen LogP contribution in [0.1, 0.15) is 30.4 Å². The monoisotopic (exact) mass is 357 g/mol. The minimum absolute atomic E-state index is 0.00132. The molecule has 26 heavy (non-hydrogen) atoms. The first kappa shape index (κ1) is 19.4. The predicted octanol–water partition coefficient (Wildman–Crippen LogP) is 1.91. The van der Waals surface area contributed by atoms with Crippen molar-refractivity contribution in [3.63, 3.8) is 0 Å². The van der Waals surface area contributed by atoms with Crippen LogP contribution in [0.15, 0.2) is 35.1 Å². The molecular formula is C19H23N3O4. The number of esters is 1. The van der Waals surface area contributed by atoms with Gasteiger partial charge >= 0.3 is 5.97 Å². The van der Waals surface area contributed by atoms with E-state index in [4.69, 9.17) is 4.74 Å². The number of ether oxygens (including phenoxy) is 1. The van der Waals surface area contributed by atoms with E-state index < -0.39 is 12.1 Å². The third-order valence-corrected chi connectivity index (χ3v) is 4.05. The van der Waals surface area contributed by atoms with Crippen molar-refractivity contribution in [1.29, 1.82) is 0 Å². The lowest BCUT2D eigenvalue weighted by molar-refractivity contribution is -0.153. The average molecular weight is 357 g/mol. The zero-order valence-corrected chi connectivity index (χ0v) is 15.4. The van der Waals surface area contributed by atoms with Gasteiger partial charge in [0, 0.05) is 30.4 Å². The molecule has 0 spiro atoms. The van der Waals surface area contributed by atoms with Gasteiger partial charge in [0.1, 0.15) is 5.82 Å². The van der Waals surface area contributed by atoms with Gasteiger partial charge in [0.2, 0.25) is 0 Å². The molecule has 138 valence electrons. The summed E-state index contributed by atoms with van der Waals surface area (Å²) in [6.07, 6.45) is -0.701. The molecule has 0 aliphatic rings. The number of anilines is 1. The minimum Gasteiger partial charge on any atom is -0.453 e. The first-order valence-corrected chi connectivity index (χ1v) is 8.38. The first-order valence-electron chi connectivity index (χ1n) is 8.38. The SMILES string of the molecule is Cc1nc(C)c(CCC(=O)O[C@H](C)C(=O)N(C)c2ccccc2)c(=O)[nH]1. The lowest BCUT2D eigenvalue weighted by atomic mass is 10.1. The second-order valence-electron chi connectivity index (χ2n) is 6.08. The molecule has 0 bridgehead atoms. The molecule has 1 amide bonds. The fourth-order valence-corrected chi connectivity index (χ4v) is 2.63. The van der Waals surface area contributed by atoms with Crippen molar-refractivity contribution in [3.05, 3.63) is 57.8 Å². The number of likely N-dealkylation sites (N-methyl/N-ethyl adjacent to an activating group) is 1. The number of nitrogens with one attached hydrogen (secondary N) is 1. The highest BCUT2D eigenvalue weighted by Crippen LogP contribution is 2.13. The van der Waals surface area contributed by atoms with Crippen molar-refractivity contribution < 1.29 is 14.3 Å². The van der Waals surface area contributed by atoms with E-state index >= 15 is 0 Å². The summed E-state index contributed by atoms with van der Waals surface area (Å²) in [7, 11) is 1.63. The highest BCUT2D eigenvalue weighted by atomic mass is 16.5. The highest BCUT2D eigenvalue weighted by molar-refractivity contribution is 5.96. The zero-order valence-electron chi connectivity index (χ0n) is 15.4. The summed E-state index contributed by atoms with van der Waals surface area (Å²) in [5.41, 5.74) is 1.50. The smallest absolute Gasteiger partial charge is 0.306 e. The Morgan fingerprint density at radius 2 is 1.88 bits per heavy atom. The van der Waals surface area contributed by atoms with Crippen LogP contribution in [0.4, 0.5) is 5.69 Å². The molecule has 7 heteroatoms. The molecule has 2 rings (SSSR count). The second kappa shape index (κ2) is 8.42. The molecule has 1 N–H and O–H groups in total. The average Bonchev–Trinajstić information content (AvgIpc) is 2.60. The number of aromatic amines is 1. The van der Waals surface area contributed by atoms with Crippen molar-refractivity contribution in [2.75, 3.05) is 11.9 Å². The predicted molar refractivity (Wildman–Crippen MR) is 98.1 cm³/mol. The molecular weight excluding hydrogens is 334 g/mol. The maximum absolute atomic E-state index is 12.4. The summed E-state index contributed by atoms with van der Waals surface area (Å²) in [4.78, 5) is 44.6. The maximum atomic E-state index is 12.4. The summed E-state index contributed by atoms with van der Waals surface area (Å²) in [6, 6.07) is 9.10. The Morgan fingerprint density at radius 3 is 2.50 bits per heavy atom. The number of para-hydroxylation sites is 1. The molecule has 1 heterocycles. The van der Waals surface area contributed by atoms with Gasteiger partial charge in [-0.05, 0) is 39.3 Å². The Hall–Kier alpha value is -2.96. The van der Waals surface area contributed by atoms with E-state index in [-0.39, 0.29) is 24.3 Å². The Labute approximate surface area is 152 Å². The van der Waals surface area contributed by atoms with Crippen LogP contribution in [0.25, 0.3) is 0 Å². The van der Waals surface area contributed by atoms with Crippen LogP contribution in [-0.2, 0) is 20.7 Å². The van der Waals surface area contributed by atoms with Gasteiger partial charge in [0.05, 0.1) is 0 Å². The Kier molecular flexibility index (Phi) is 6.27. The van der Waals surface area contributed by atoms with Crippen molar-refractivity contribution >= 4 is 17.6 Å². The van der Waals surface area contributed by atoms with E-state index in [0.717, 1.165) is 0 Å². The quantitative estimate of drug-likeness (QED) is 0.797. The summed E-state index contributed by atoms with van der Waals surface area (Å²) in [5.74, 6) is -0.329. The van der Waals surface area contributed by atoms with Crippen LogP contribution >= 0.6 is 0 Å². The molecule has 1 aromatic carbocycles. The van der Waals surface area contributed by atoms with Gasteiger partial charge in [-0.3, -0.25) is 14.4 Å². The Morgan fingerprint density at radius 1 is 1.23 bits per heavy atom. The van der Waals surface area contributed by atoms with Crippen LogP contribution in [-0.4, -0.2) is 35.0 Å². The van der Waals surface area contributed by atoms with Gasteiger partial charge in [0.15, 0.2) is 6.10 Å². The summed E-state index contributed by atoms with van der Waals surface area (Å²) in [6.45, 7) is 4.96. The fraction of sp³-hybridized carbons (Fsp3) is 0.368. The molecule has 1 aromatic heterocycles. The third kappa shape index (κ3) is 4.78. The fourth-order valence-electron chi connectivity index (χ4n) is 2.63. The van der Waals surface area contributed by atoms with E-state index in [2.05, 4.69) is 9.97 Å². The molecule has 1 atom stereocenters. The lowest BCUT2D eigenvalue weighted by Crippen LogP contribution is -2.37. The third-order valence-electron chi connectivity index (χ3n) is 4.05. The van der Waals surface area contributed by atoms with E-state index in [1.807, 2.05) is 18.2 Å². The van der Waals surface area contributed by atoms with Gasteiger partial charge < -0.3 is 14.6 Å². The van der Waals surface area contributed by atoms with E-state index in [9.17, 15) is 14.4 Å². The zero-order chi connectivity index (χ0) is 19.3. The molecule has 0 aliphatic carbocycles. The molecule has 0 radical (unpaired) electrons. The number of nitrogens with zero attached hydrogens (tertiary/aromatic N) is 2. The minimum atomic E-state index is -0.914. The lowest BCUT2D eigenvalue weighted by Gasteiger charge is -2.21. The summed E-state index contributed by atoms with van der Waals surface area (Å²) >= 11 is 0. The van der Waals surface area contributed by atoms with Gasteiger partial charge in [-0.15, -0.1) is 0 Å². The Bertz CT molecular complexity index is 846. The van der Waals surface area contributed by atoms with Crippen molar-refractivity contribution in [3.8, 4) is 0 Å². The van der Waals surface area contributed by atoms with Gasteiger partial charge in [0.25, 0.3) is 11.5 Å². The van der Waals surface area contributed by atoms with E-state index in [1.54, 1.807) is 33.0 Å². The normalized spacial score (nSPS) is 11.7. The molecule has 0 fully saturated rings. The van der Waals surface area contributed by atoms with Gasteiger partial charge in [-0.1, -0.05) is 18.2 Å². The summed E-state index contributed by atoms with van der Waals surface area (Å²) < 4.78 is 5.22. The highest BCUT2D eigenvalue weighted by Gasteiger charge is 2.22. The number of amides is 1. The summed E-state index contributed by atoms with van der Waals surface area (Å²) in [5, 5.41) is 0. The molecule has 0 aliphatic heterocycles. The van der Waals surface area contributed by atoms with Crippen LogP contribution in [0.2, 0.25) is 0 Å². The number of aryl methyl sites for hydroxylation is 2. The maximum Gasteiger partial charge on any atom is 0.306 e. The number of aromatic nitrogens is 2. The second-order valence-corrected chi connectivity index (χ2v) is 6.08.